The maximum atomic E-state index is 4.10. The van der Waals surface area contributed by atoms with Gasteiger partial charge in [-0.3, -0.25) is 0 Å². The number of benzene rings is 1. The van der Waals surface area contributed by atoms with Crippen LogP contribution in [0.25, 0.3) is 10.9 Å². The first-order chi connectivity index (χ1) is 8.24. The van der Waals surface area contributed by atoms with E-state index in [0.717, 1.165) is 16.8 Å². The van der Waals surface area contributed by atoms with Gasteiger partial charge < -0.3 is 9.13 Å². The normalized spacial score (nSPS) is 11.2. The van der Waals surface area contributed by atoms with Gasteiger partial charge in [-0.2, -0.15) is 0 Å². The molecule has 0 aliphatic rings. The summed E-state index contributed by atoms with van der Waals surface area (Å²) >= 11 is 3.48. The Kier molecular flexibility index (Phi) is 2.48. The Hall–Kier alpha value is -1.62. The van der Waals surface area contributed by atoms with Gasteiger partial charge in [-0.05, 0) is 24.3 Å². The van der Waals surface area contributed by atoms with Crippen molar-refractivity contribution in [3.63, 3.8) is 0 Å². The summed E-state index contributed by atoms with van der Waals surface area (Å²) in [5, 5.41) is 9.21. The van der Waals surface area contributed by atoms with E-state index in [0.29, 0.717) is 0 Å². The highest BCUT2D eigenvalue weighted by atomic mass is 79.9. The second-order valence-corrected chi connectivity index (χ2v) is 4.92. The Labute approximate surface area is 107 Å². The van der Waals surface area contributed by atoms with Crippen LogP contribution in [0.4, 0.5) is 0 Å². The minimum absolute atomic E-state index is 0.738. The first-order valence-corrected chi connectivity index (χ1v) is 6.10. The largest absolute Gasteiger partial charge is 0.340 e. The highest BCUT2D eigenvalue weighted by Crippen LogP contribution is 2.21. The van der Waals surface area contributed by atoms with Gasteiger partial charge in [0.05, 0.1) is 6.54 Å². The van der Waals surface area contributed by atoms with Gasteiger partial charge in [-0.1, -0.05) is 15.9 Å². The van der Waals surface area contributed by atoms with Crippen LogP contribution >= 0.6 is 15.9 Å². The number of hydrogen-bond donors (Lipinski definition) is 0. The van der Waals surface area contributed by atoms with Crippen molar-refractivity contribution in [2.24, 2.45) is 7.05 Å². The number of nitrogens with zero attached hydrogens (tertiary/aromatic N) is 4. The third kappa shape index (κ3) is 1.86. The van der Waals surface area contributed by atoms with E-state index in [-0.39, 0.29) is 0 Å². The molecule has 0 aliphatic carbocycles. The lowest BCUT2D eigenvalue weighted by atomic mass is 10.2. The van der Waals surface area contributed by atoms with Gasteiger partial charge in [-0.25, -0.2) is 0 Å². The fourth-order valence-corrected chi connectivity index (χ4v) is 2.29. The van der Waals surface area contributed by atoms with E-state index in [2.05, 4.69) is 61.2 Å². The molecule has 0 N–H and O–H groups in total. The Morgan fingerprint density at radius 2 is 2.18 bits per heavy atom. The third-order valence-electron chi connectivity index (χ3n) is 2.85. The average Bonchev–Trinajstić information content (AvgIpc) is 2.87. The molecule has 0 saturated heterocycles. The molecule has 1 aromatic carbocycles. The van der Waals surface area contributed by atoms with E-state index in [1.807, 2.05) is 11.6 Å². The van der Waals surface area contributed by atoms with Gasteiger partial charge in [0.15, 0.2) is 5.82 Å². The lowest BCUT2D eigenvalue weighted by Crippen LogP contribution is -2.04. The second-order valence-electron chi connectivity index (χ2n) is 4.00. The number of aromatic nitrogens is 4. The van der Waals surface area contributed by atoms with Crippen LogP contribution in [0.1, 0.15) is 5.82 Å². The Morgan fingerprint density at radius 1 is 1.29 bits per heavy atom. The molecule has 2 aromatic heterocycles. The highest BCUT2D eigenvalue weighted by molar-refractivity contribution is 9.10. The van der Waals surface area contributed by atoms with Gasteiger partial charge in [0, 0.05) is 28.6 Å². The smallest absolute Gasteiger partial charge is 0.152 e. The van der Waals surface area contributed by atoms with Gasteiger partial charge in [0.1, 0.15) is 6.33 Å². The zero-order valence-electron chi connectivity index (χ0n) is 9.34. The Morgan fingerprint density at radius 3 is 2.94 bits per heavy atom. The highest BCUT2D eigenvalue weighted by Gasteiger charge is 2.05. The Balaban J connectivity index is 2.04. The minimum Gasteiger partial charge on any atom is -0.340 e. The van der Waals surface area contributed by atoms with Crippen molar-refractivity contribution in [3.8, 4) is 0 Å². The van der Waals surface area contributed by atoms with E-state index in [9.17, 15) is 0 Å². The molecule has 0 spiro atoms. The quantitative estimate of drug-likeness (QED) is 0.727. The zero-order chi connectivity index (χ0) is 11.8. The predicted molar refractivity (Wildman–Crippen MR) is 69.7 cm³/mol. The summed E-state index contributed by atoms with van der Waals surface area (Å²) in [6.07, 6.45) is 3.80. The summed E-state index contributed by atoms with van der Waals surface area (Å²) in [5.41, 5.74) is 1.20. The van der Waals surface area contributed by atoms with Gasteiger partial charge in [0.25, 0.3) is 0 Å². The molecule has 0 bridgehead atoms. The minimum atomic E-state index is 0.738. The molecule has 2 heterocycles. The van der Waals surface area contributed by atoms with E-state index < -0.39 is 0 Å². The molecule has 0 amide bonds. The first-order valence-electron chi connectivity index (χ1n) is 5.31. The Bertz CT molecular complexity index is 668. The van der Waals surface area contributed by atoms with Crippen LogP contribution in [0.2, 0.25) is 0 Å². The summed E-state index contributed by atoms with van der Waals surface area (Å²) in [6.45, 7) is 0.738. The van der Waals surface area contributed by atoms with Crippen LogP contribution in [0, 0.1) is 0 Å². The summed E-state index contributed by atoms with van der Waals surface area (Å²) in [7, 11) is 1.96. The molecule has 0 unspecified atom stereocenters. The molecule has 17 heavy (non-hydrogen) atoms. The standard InChI is InChI=1S/C12H11BrN4/c1-16-8-14-15-12(16)7-17-5-4-9-6-10(13)2-3-11(9)17/h2-6,8H,7H2,1H3. The van der Waals surface area contributed by atoms with Crippen molar-refractivity contribution in [1.29, 1.82) is 0 Å². The second kappa shape index (κ2) is 4.00. The van der Waals surface area contributed by atoms with Crippen molar-refractivity contribution >= 4 is 26.8 Å². The van der Waals surface area contributed by atoms with E-state index in [1.54, 1.807) is 6.33 Å². The number of aryl methyl sites for hydroxylation is 1. The molecular weight excluding hydrogens is 280 g/mol. The number of rotatable bonds is 2. The van der Waals surface area contributed by atoms with Crippen molar-refractivity contribution in [1.82, 2.24) is 19.3 Å². The number of halogens is 1. The summed E-state index contributed by atoms with van der Waals surface area (Å²) in [5.74, 6) is 0.949. The van der Waals surface area contributed by atoms with Crippen LogP contribution in [-0.4, -0.2) is 19.3 Å². The van der Waals surface area contributed by atoms with Crippen LogP contribution < -0.4 is 0 Å². The molecule has 86 valence electrons. The molecule has 0 aliphatic heterocycles. The average molecular weight is 291 g/mol. The van der Waals surface area contributed by atoms with Gasteiger partial charge in [-0.15, -0.1) is 10.2 Å². The molecule has 0 saturated carbocycles. The molecule has 0 atom stereocenters. The van der Waals surface area contributed by atoms with Crippen LogP contribution in [0.5, 0.6) is 0 Å². The summed E-state index contributed by atoms with van der Waals surface area (Å²) in [4.78, 5) is 0. The van der Waals surface area contributed by atoms with Crippen molar-refractivity contribution < 1.29 is 0 Å². The lowest BCUT2D eigenvalue weighted by Gasteiger charge is -2.04. The summed E-state index contributed by atoms with van der Waals surface area (Å²) in [6, 6.07) is 8.38. The van der Waals surface area contributed by atoms with E-state index >= 15 is 0 Å². The number of hydrogen-bond acceptors (Lipinski definition) is 2. The monoisotopic (exact) mass is 290 g/mol. The fourth-order valence-electron chi connectivity index (χ4n) is 1.91. The molecule has 3 rings (SSSR count). The molecule has 5 heteroatoms. The van der Waals surface area contributed by atoms with E-state index in [1.165, 1.54) is 10.9 Å². The SMILES string of the molecule is Cn1cnnc1Cn1ccc2cc(Br)ccc21. The van der Waals surface area contributed by atoms with E-state index in [4.69, 9.17) is 0 Å². The molecular formula is C12H11BrN4. The van der Waals surface area contributed by atoms with Crippen molar-refractivity contribution in [2.45, 2.75) is 6.54 Å². The maximum absolute atomic E-state index is 4.10. The van der Waals surface area contributed by atoms with Crippen LogP contribution in [0.15, 0.2) is 41.3 Å². The van der Waals surface area contributed by atoms with Crippen molar-refractivity contribution in [2.75, 3.05) is 0 Å². The molecule has 0 fully saturated rings. The number of fused-ring (bicyclic) bond motifs is 1. The lowest BCUT2D eigenvalue weighted by molar-refractivity contribution is 0.716. The van der Waals surface area contributed by atoms with Gasteiger partial charge in [0.2, 0.25) is 0 Å². The third-order valence-corrected chi connectivity index (χ3v) is 3.34. The van der Waals surface area contributed by atoms with Crippen molar-refractivity contribution in [3.05, 3.63) is 47.1 Å². The molecule has 4 nitrogen and oxygen atoms in total. The predicted octanol–water partition coefficient (Wildman–Crippen LogP) is 2.58. The fraction of sp³-hybridized carbons (Fsp3) is 0.167. The maximum Gasteiger partial charge on any atom is 0.152 e. The van der Waals surface area contributed by atoms with Gasteiger partial charge >= 0.3 is 0 Å². The zero-order valence-corrected chi connectivity index (χ0v) is 10.9. The summed E-state index contributed by atoms with van der Waals surface area (Å²) < 4.78 is 5.21. The molecule has 3 aromatic rings. The first kappa shape index (κ1) is 10.5. The van der Waals surface area contributed by atoms with Crippen LogP contribution in [0.3, 0.4) is 0 Å². The topological polar surface area (TPSA) is 35.6 Å². The molecule has 0 radical (unpaired) electrons. The van der Waals surface area contributed by atoms with Crippen LogP contribution in [-0.2, 0) is 13.6 Å².